The number of benzene rings is 2. The molecule has 2 aromatic carbocycles. The van der Waals surface area contributed by atoms with Gasteiger partial charge in [0.15, 0.2) is 0 Å². The van der Waals surface area contributed by atoms with Gasteiger partial charge in [-0.2, -0.15) is 0 Å². The molecule has 7 nitrogen and oxygen atoms in total. The van der Waals surface area contributed by atoms with Crippen LogP contribution in [0.5, 0.6) is 0 Å². The van der Waals surface area contributed by atoms with Crippen molar-refractivity contribution in [1.82, 2.24) is 9.62 Å². The van der Waals surface area contributed by atoms with Gasteiger partial charge in [-0.1, -0.05) is 54.4 Å². The molecule has 2 aromatic rings. The van der Waals surface area contributed by atoms with Crippen molar-refractivity contribution in [3.05, 3.63) is 69.7 Å². The number of carbonyl (C=O) groups is 2. The van der Waals surface area contributed by atoms with Gasteiger partial charge in [0, 0.05) is 28.5 Å². The summed E-state index contributed by atoms with van der Waals surface area (Å²) in [5, 5.41) is 10.7. The molecule has 0 aromatic heterocycles. The van der Waals surface area contributed by atoms with Gasteiger partial charge in [0.1, 0.15) is 0 Å². The Bertz CT molecular complexity index is 1340. The van der Waals surface area contributed by atoms with Gasteiger partial charge in [-0.25, -0.2) is 13.1 Å². The van der Waals surface area contributed by atoms with Crippen molar-refractivity contribution < 1.29 is 23.1 Å². The number of sulfonamides is 1. The molecule has 5 rings (SSSR count). The summed E-state index contributed by atoms with van der Waals surface area (Å²) in [6, 6.07) is 14.0. The summed E-state index contributed by atoms with van der Waals surface area (Å²) in [7, 11) is -3.47. The van der Waals surface area contributed by atoms with E-state index in [9.17, 15) is 23.1 Å². The van der Waals surface area contributed by atoms with E-state index >= 15 is 0 Å². The topological polar surface area (TPSA) is 104 Å². The molecule has 0 spiro atoms. The second-order valence-corrected chi connectivity index (χ2v) is 14.2. The summed E-state index contributed by atoms with van der Waals surface area (Å²) < 4.78 is 28.5. The van der Waals surface area contributed by atoms with Gasteiger partial charge in [-0.3, -0.25) is 9.59 Å². The molecule has 1 aliphatic heterocycles. The number of halogens is 2. The highest BCUT2D eigenvalue weighted by molar-refractivity contribution is 7.90. The molecule has 2 aliphatic carbocycles. The zero-order valence-electron chi connectivity index (χ0n) is 21.9. The average molecular weight is 594 g/mol. The lowest BCUT2D eigenvalue weighted by Crippen LogP contribution is -2.59. The summed E-state index contributed by atoms with van der Waals surface area (Å²) >= 11 is 12.7. The predicted molar refractivity (Wildman–Crippen MR) is 151 cm³/mol. The van der Waals surface area contributed by atoms with Crippen LogP contribution in [0.15, 0.2) is 48.5 Å². The Balaban J connectivity index is 1.65. The van der Waals surface area contributed by atoms with E-state index in [1.807, 2.05) is 42.2 Å². The monoisotopic (exact) mass is 592 g/mol. The van der Waals surface area contributed by atoms with Gasteiger partial charge in [-0.15, -0.1) is 0 Å². The quantitative estimate of drug-likeness (QED) is 0.344. The van der Waals surface area contributed by atoms with Crippen molar-refractivity contribution >= 4 is 45.1 Å². The molecule has 3 fully saturated rings. The lowest BCUT2D eigenvalue weighted by molar-refractivity contribution is -0.162. The molecule has 2 N–H and O–H groups in total. The van der Waals surface area contributed by atoms with Gasteiger partial charge in [0.05, 0.1) is 23.1 Å². The number of rotatable bonds is 11. The fraction of sp³-hybridized carbons (Fsp3) is 0.517. The molecule has 210 valence electrons. The molecule has 2 saturated carbocycles. The fourth-order valence-corrected chi connectivity index (χ4v) is 7.91. The van der Waals surface area contributed by atoms with Crippen molar-refractivity contribution in [2.45, 2.75) is 75.1 Å². The number of hydrogen-bond donors (Lipinski definition) is 2. The maximum absolute atomic E-state index is 14.6. The predicted octanol–water partition coefficient (Wildman–Crippen LogP) is 5.78. The van der Waals surface area contributed by atoms with E-state index in [4.69, 9.17) is 23.2 Å². The zero-order chi connectivity index (χ0) is 27.9. The molecule has 39 heavy (non-hydrogen) atoms. The van der Waals surface area contributed by atoms with Gasteiger partial charge in [0.2, 0.25) is 15.9 Å². The van der Waals surface area contributed by atoms with E-state index in [0.29, 0.717) is 35.7 Å². The third-order valence-electron chi connectivity index (χ3n) is 8.61. The number of likely N-dealkylation sites (tertiary alicyclic amines) is 1. The number of nitrogens with one attached hydrogen (secondary N) is 1. The molecule has 0 radical (unpaired) electrons. The highest BCUT2D eigenvalue weighted by Gasteiger charge is 2.56. The first-order valence-corrected chi connectivity index (χ1v) is 15.9. The second kappa shape index (κ2) is 11.0. The Kier molecular flexibility index (Phi) is 8.04. The van der Waals surface area contributed by atoms with Crippen molar-refractivity contribution in [2.75, 3.05) is 6.54 Å². The Morgan fingerprint density at radius 3 is 2.33 bits per heavy atom. The maximum atomic E-state index is 14.6. The molecule has 10 heteroatoms. The van der Waals surface area contributed by atoms with Crippen LogP contribution in [0.4, 0.5) is 0 Å². The van der Waals surface area contributed by atoms with Crippen molar-refractivity contribution in [2.24, 2.45) is 11.3 Å². The summed E-state index contributed by atoms with van der Waals surface area (Å²) in [6.07, 6.45) is 3.45. The van der Waals surface area contributed by atoms with Crippen LogP contribution < -0.4 is 4.72 Å². The zero-order valence-corrected chi connectivity index (χ0v) is 24.2. The lowest BCUT2D eigenvalue weighted by atomic mass is 9.64. The third-order valence-corrected chi connectivity index (χ3v) is 11.0. The number of aliphatic carboxylic acids is 1. The third kappa shape index (κ3) is 5.99. The molecule has 4 atom stereocenters. The minimum Gasteiger partial charge on any atom is -0.481 e. The normalized spacial score (nSPS) is 26.4. The molecule has 0 bridgehead atoms. The molecule has 3 aliphatic rings. The number of carbonyl (C=O) groups excluding carboxylic acids is 1. The van der Waals surface area contributed by atoms with Crippen LogP contribution in [0.1, 0.15) is 75.0 Å². The summed E-state index contributed by atoms with van der Waals surface area (Å²) in [4.78, 5) is 28.5. The number of amides is 1. The second-order valence-electron chi connectivity index (χ2n) is 11.3. The maximum Gasteiger partial charge on any atom is 0.304 e. The van der Waals surface area contributed by atoms with Crippen LogP contribution in [0.2, 0.25) is 10.0 Å². The van der Waals surface area contributed by atoms with E-state index in [-0.39, 0.29) is 36.0 Å². The number of hydrogen-bond acceptors (Lipinski definition) is 4. The van der Waals surface area contributed by atoms with Crippen molar-refractivity contribution in [1.29, 1.82) is 0 Å². The average Bonchev–Trinajstić information content (AvgIpc) is 3.80. The smallest absolute Gasteiger partial charge is 0.304 e. The largest absolute Gasteiger partial charge is 0.481 e. The Morgan fingerprint density at radius 1 is 1.08 bits per heavy atom. The number of nitrogens with zero attached hydrogens (tertiary/aromatic N) is 1. The van der Waals surface area contributed by atoms with Crippen LogP contribution in [-0.4, -0.2) is 48.1 Å². The van der Waals surface area contributed by atoms with Crippen LogP contribution in [0.25, 0.3) is 0 Å². The Morgan fingerprint density at radius 2 is 1.77 bits per heavy atom. The van der Waals surface area contributed by atoms with Gasteiger partial charge in [0.25, 0.3) is 0 Å². The number of carboxylic acid groups (broad SMARTS) is 1. The van der Waals surface area contributed by atoms with E-state index in [1.165, 1.54) is 0 Å². The molecule has 1 amide bonds. The molecule has 1 saturated heterocycles. The SMILES string of the molecule is CC[C@@]1(CC(=O)O)C[C@H](c2cccc(Cl)c2)[C@@H](c2ccc(Cl)cc2)N([C@H](CNS(=O)(=O)C2CC2)C2CC2)C1=O. The van der Waals surface area contributed by atoms with Crippen LogP contribution in [0, 0.1) is 11.3 Å². The number of piperidine rings is 1. The van der Waals surface area contributed by atoms with Crippen molar-refractivity contribution in [3.8, 4) is 0 Å². The van der Waals surface area contributed by atoms with E-state index in [2.05, 4.69) is 4.72 Å². The van der Waals surface area contributed by atoms with Crippen LogP contribution >= 0.6 is 23.2 Å². The molecule has 0 unspecified atom stereocenters. The minimum atomic E-state index is -3.47. The van der Waals surface area contributed by atoms with Crippen molar-refractivity contribution in [3.63, 3.8) is 0 Å². The van der Waals surface area contributed by atoms with E-state index < -0.39 is 33.5 Å². The van der Waals surface area contributed by atoms with E-state index in [0.717, 1.165) is 24.0 Å². The standard InChI is InChI=1S/C29H34Cl2N2O5S/c1-2-29(16-26(34)35)15-24(20-4-3-5-22(31)14-20)27(19-8-10-21(30)11-9-19)33(28(29)36)25(18-6-7-18)17-32-39(37,38)23-12-13-23/h3-5,8-11,14,18,23-25,27,32H,2,6-7,12-13,15-17H2,1H3,(H,34,35)/t24-,25-,27-,29+/m1/s1. The summed E-state index contributed by atoms with van der Waals surface area (Å²) in [5.74, 6) is -1.39. The summed E-state index contributed by atoms with van der Waals surface area (Å²) in [6.45, 7) is 1.97. The highest BCUT2D eigenvalue weighted by Crippen LogP contribution is 2.55. The van der Waals surface area contributed by atoms with Crippen LogP contribution in [0.3, 0.4) is 0 Å². The highest BCUT2D eigenvalue weighted by atomic mass is 35.5. The first-order chi connectivity index (χ1) is 18.5. The van der Waals surface area contributed by atoms with Gasteiger partial charge < -0.3 is 10.0 Å². The Labute approximate surface area is 239 Å². The first-order valence-electron chi connectivity index (χ1n) is 13.6. The fourth-order valence-electron chi connectivity index (χ4n) is 6.19. The lowest BCUT2D eigenvalue weighted by Gasteiger charge is -2.53. The molecular weight excluding hydrogens is 559 g/mol. The minimum absolute atomic E-state index is 0.106. The van der Waals surface area contributed by atoms with Gasteiger partial charge >= 0.3 is 5.97 Å². The Hall–Kier alpha value is -2.13. The van der Waals surface area contributed by atoms with Crippen LogP contribution in [-0.2, 0) is 19.6 Å². The van der Waals surface area contributed by atoms with E-state index in [1.54, 1.807) is 18.2 Å². The van der Waals surface area contributed by atoms with Gasteiger partial charge in [-0.05, 0) is 79.8 Å². The summed E-state index contributed by atoms with van der Waals surface area (Å²) in [5.41, 5.74) is 0.647. The number of carboxylic acids is 1. The molecule has 1 heterocycles. The molecular formula is C29H34Cl2N2O5S. The first kappa shape index (κ1) is 28.4.